The molecule has 0 aliphatic heterocycles. The zero-order chi connectivity index (χ0) is 14.6. The van der Waals surface area contributed by atoms with Crippen molar-refractivity contribution in [2.24, 2.45) is 11.1 Å². The predicted molar refractivity (Wildman–Crippen MR) is 79.9 cm³/mol. The van der Waals surface area contributed by atoms with E-state index < -0.39 is 6.10 Å². The van der Waals surface area contributed by atoms with Gasteiger partial charge in [-0.2, -0.15) is 0 Å². The van der Waals surface area contributed by atoms with E-state index in [2.05, 4.69) is 0 Å². The van der Waals surface area contributed by atoms with E-state index in [4.69, 9.17) is 5.73 Å². The van der Waals surface area contributed by atoms with Crippen LogP contribution in [0.15, 0.2) is 18.2 Å². The van der Waals surface area contributed by atoms with Gasteiger partial charge in [0.05, 0.1) is 6.10 Å². The summed E-state index contributed by atoms with van der Waals surface area (Å²) in [4.78, 5) is 0. The van der Waals surface area contributed by atoms with Crippen molar-refractivity contribution in [1.29, 1.82) is 0 Å². The third kappa shape index (κ3) is 3.21. The van der Waals surface area contributed by atoms with Crippen LogP contribution in [0.5, 0.6) is 0 Å². The van der Waals surface area contributed by atoms with Crippen molar-refractivity contribution in [2.75, 3.05) is 6.54 Å². The first-order chi connectivity index (χ1) is 9.59. The van der Waals surface area contributed by atoms with E-state index in [0.29, 0.717) is 12.1 Å². The largest absolute Gasteiger partial charge is 0.388 e. The Balaban J connectivity index is 2.30. The zero-order valence-electron chi connectivity index (χ0n) is 12.4. The van der Waals surface area contributed by atoms with Crippen LogP contribution < -0.4 is 5.73 Å². The molecule has 0 radical (unpaired) electrons. The third-order valence-electron chi connectivity index (χ3n) is 4.87. The van der Waals surface area contributed by atoms with Gasteiger partial charge in [-0.15, -0.1) is 0 Å². The molecule has 3 heteroatoms. The fraction of sp³-hybridized carbons (Fsp3) is 0.647. The number of aryl methyl sites for hydroxylation is 1. The first-order valence-corrected chi connectivity index (χ1v) is 7.73. The fourth-order valence-corrected chi connectivity index (χ4v) is 3.43. The smallest absolute Gasteiger partial charge is 0.123 e. The van der Waals surface area contributed by atoms with Gasteiger partial charge in [0, 0.05) is 12.0 Å². The lowest BCUT2D eigenvalue weighted by Crippen LogP contribution is -2.37. The molecule has 20 heavy (non-hydrogen) atoms. The summed E-state index contributed by atoms with van der Waals surface area (Å²) in [5.41, 5.74) is 7.38. The minimum absolute atomic E-state index is 0.289. The molecule has 1 fully saturated rings. The van der Waals surface area contributed by atoms with E-state index in [0.717, 1.165) is 31.2 Å². The molecule has 1 aromatic carbocycles. The maximum atomic E-state index is 13.5. The number of aliphatic hydroxyl groups excluding tert-OH is 1. The first-order valence-electron chi connectivity index (χ1n) is 7.73. The Kier molecular flexibility index (Phi) is 5.17. The summed E-state index contributed by atoms with van der Waals surface area (Å²) < 4.78 is 13.5. The summed E-state index contributed by atoms with van der Waals surface area (Å²) in [5, 5.41) is 10.9. The van der Waals surface area contributed by atoms with Gasteiger partial charge in [-0.1, -0.05) is 38.2 Å². The average molecular weight is 279 g/mol. The van der Waals surface area contributed by atoms with Crippen LogP contribution in [0, 0.1) is 18.2 Å². The van der Waals surface area contributed by atoms with Crippen LogP contribution in [-0.2, 0) is 0 Å². The van der Waals surface area contributed by atoms with Crippen LogP contribution in [0.2, 0.25) is 0 Å². The minimum atomic E-state index is -0.665. The van der Waals surface area contributed by atoms with E-state index in [1.165, 1.54) is 31.4 Å². The van der Waals surface area contributed by atoms with Gasteiger partial charge in [-0.05, 0) is 43.0 Å². The van der Waals surface area contributed by atoms with Gasteiger partial charge in [0.15, 0.2) is 0 Å². The molecule has 1 aliphatic carbocycles. The molecule has 0 heterocycles. The number of aliphatic hydroxyl groups is 1. The molecule has 0 saturated heterocycles. The molecule has 1 atom stereocenters. The molecule has 1 aromatic rings. The van der Waals surface area contributed by atoms with Gasteiger partial charge in [0.2, 0.25) is 0 Å². The van der Waals surface area contributed by atoms with E-state index >= 15 is 0 Å². The van der Waals surface area contributed by atoms with Crippen LogP contribution in [-0.4, -0.2) is 11.7 Å². The Bertz CT molecular complexity index is 439. The fourth-order valence-electron chi connectivity index (χ4n) is 3.43. The minimum Gasteiger partial charge on any atom is -0.388 e. The normalized spacial score (nSPS) is 21.0. The van der Waals surface area contributed by atoms with E-state index in [1.54, 1.807) is 6.07 Å². The summed E-state index contributed by atoms with van der Waals surface area (Å²) in [6, 6.07) is 4.65. The second kappa shape index (κ2) is 6.68. The molecule has 0 spiro atoms. The lowest BCUT2D eigenvalue weighted by Gasteiger charge is -2.39. The standard InChI is InChI=1S/C17H26FNO/c1-13-7-8-14(18)11-15(13)16(20)17(12-19)9-5-3-2-4-6-10-17/h7-8,11,16,20H,2-6,9-10,12,19H2,1H3. The monoisotopic (exact) mass is 279 g/mol. The van der Waals surface area contributed by atoms with Gasteiger partial charge in [0.1, 0.15) is 5.82 Å². The van der Waals surface area contributed by atoms with E-state index in [9.17, 15) is 9.50 Å². The maximum absolute atomic E-state index is 13.5. The number of halogens is 1. The highest BCUT2D eigenvalue weighted by Crippen LogP contribution is 2.44. The zero-order valence-corrected chi connectivity index (χ0v) is 12.4. The van der Waals surface area contributed by atoms with Crippen molar-refractivity contribution in [2.45, 2.75) is 58.0 Å². The topological polar surface area (TPSA) is 46.2 Å². The summed E-state index contributed by atoms with van der Waals surface area (Å²) >= 11 is 0. The molecule has 112 valence electrons. The molecular formula is C17H26FNO. The highest BCUT2D eigenvalue weighted by atomic mass is 19.1. The second-order valence-electron chi connectivity index (χ2n) is 6.24. The highest BCUT2D eigenvalue weighted by molar-refractivity contribution is 5.30. The van der Waals surface area contributed by atoms with Crippen LogP contribution in [0.4, 0.5) is 4.39 Å². The quantitative estimate of drug-likeness (QED) is 0.882. The molecule has 1 aliphatic rings. The Hall–Kier alpha value is -0.930. The van der Waals surface area contributed by atoms with Gasteiger partial charge in [-0.25, -0.2) is 4.39 Å². The van der Waals surface area contributed by atoms with Gasteiger partial charge in [-0.3, -0.25) is 0 Å². The molecule has 3 N–H and O–H groups in total. The highest BCUT2D eigenvalue weighted by Gasteiger charge is 2.37. The Labute approximate surface area is 121 Å². The summed E-state index contributed by atoms with van der Waals surface area (Å²) in [7, 11) is 0. The Morgan fingerprint density at radius 3 is 2.40 bits per heavy atom. The van der Waals surface area contributed by atoms with Crippen molar-refractivity contribution < 1.29 is 9.50 Å². The van der Waals surface area contributed by atoms with Crippen molar-refractivity contribution >= 4 is 0 Å². The maximum Gasteiger partial charge on any atom is 0.123 e. The number of benzene rings is 1. The summed E-state index contributed by atoms with van der Waals surface area (Å²) in [5.74, 6) is -0.289. The van der Waals surface area contributed by atoms with Crippen molar-refractivity contribution in [3.05, 3.63) is 35.1 Å². The van der Waals surface area contributed by atoms with Crippen LogP contribution >= 0.6 is 0 Å². The average Bonchev–Trinajstić information content (AvgIpc) is 2.41. The number of rotatable bonds is 3. The van der Waals surface area contributed by atoms with Gasteiger partial charge < -0.3 is 10.8 Å². The molecule has 2 rings (SSSR count). The lowest BCUT2D eigenvalue weighted by molar-refractivity contribution is 0.00788. The molecule has 1 saturated carbocycles. The SMILES string of the molecule is Cc1ccc(F)cc1C(O)C1(CN)CCCCCCC1. The Morgan fingerprint density at radius 1 is 1.20 bits per heavy atom. The van der Waals surface area contributed by atoms with Crippen molar-refractivity contribution in [1.82, 2.24) is 0 Å². The molecule has 0 amide bonds. The van der Waals surface area contributed by atoms with Crippen LogP contribution in [0.3, 0.4) is 0 Å². The first kappa shape index (κ1) is 15.5. The van der Waals surface area contributed by atoms with Crippen molar-refractivity contribution in [3.63, 3.8) is 0 Å². The second-order valence-corrected chi connectivity index (χ2v) is 6.24. The van der Waals surface area contributed by atoms with E-state index in [1.807, 2.05) is 6.92 Å². The lowest BCUT2D eigenvalue weighted by atomic mass is 9.69. The molecule has 1 unspecified atom stereocenters. The van der Waals surface area contributed by atoms with Crippen LogP contribution in [0.25, 0.3) is 0 Å². The third-order valence-corrected chi connectivity index (χ3v) is 4.87. The summed E-state index contributed by atoms with van der Waals surface area (Å²) in [6.45, 7) is 2.38. The van der Waals surface area contributed by atoms with Crippen LogP contribution in [0.1, 0.15) is 62.2 Å². The predicted octanol–water partition coefficient (Wildman–Crippen LogP) is 3.86. The molecule has 2 nitrogen and oxygen atoms in total. The number of hydrogen-bond acceptors (Lipinski definition) is 2. The number of hydrogen-bond donors (Lipinski definition) is 2. The van der Waals surface area contributed by atoms with Gasteiger partial charge >= 0.3 is 0 Å². The molecular weight excluding hydrogens is 253 g/mol. The van der Waals surface area contributed by atoms with Crippen molar-refractivity contribution in [3.8, 4) is 0 Å². The van der Waals surface area contributed by atoms with E-state index in [-0.39, 0.29) is 11.2 Å². The molecule has 0 aromatic heterocycles. The summed E-state index contributed by atoms with van der Waals surface area (Å²) in [6.07, 6.45) is 7.08. The molecule has 0 bridgehead atoms. The van der Waals surface area contributed by atoms with Gasteiger partial charge in [0.25, 0.3) is 0 Å². The number of nitrogens with two attached hydrogens (primary N) is 1. The Morgan fingerprint density at radius 2 is 1.80 bits per heavy atom.